The average Bonchev–Trinajstić information content (AvgIpc) is 2.52. The third-order valence-corrected chi connectivity index (χ3v) is 4.52. The minimum atomic E-state index is -0.827. The Hall–Kier alpha value is -1.71. The lowest BCUT2D eigenvalue weighted by atomic mass is 10.1. The normalized spacial score (nSPS) is 15.7. The zero-order chi connectivity index (χ0) is 15.2. The smallest absolute Gasteiger partial charge is 0.407 e. The van der Waals surface area contributed by atoms with Crippen molar-refractivity contribution in [1.82, 2.24) is 9.80 Å². The molecule has 1 fully saturated rings. The van der Waals surface area contributed by atoms with Gasteiger partial charge in [-0.15, -0.1) is 11.8 Å². The molecule has 0 aliphatic carbocycles. The van der Waals surface area contributed by atoms with Gasteiger partial charge in [0.15, 0.2) is 0 Å². The van der Waals surface area contributed by atoms with Crippen LogP contribution in [-0.4, -0.2) is 60.0 Å². The van der Waals surface area contributed by atoms with Crippen LogP contribution in [0.4, 0.5) is 4.79 Å². The van der Waals surface area contributed by atoms with E-state index in [0.29, 0.717) is 13.1 Å². The molecule has 1 heterocycles. The number of piperazine rings is 1. The van der Waals surface area contributed by atoms with Gasteiger partial charge >= 0.3 is 6.09 Å². The van der Waals surface area contributed by atoms with E-state index < -0.39 is 6.09 Å². The number of benzene rings is 1. The first kappa shape index (κ1) is 15.7. The molecule has 1 aromatic rings. The van der Waals surface area contributed by atoms with E-state index in [1.165, 1.54) is 10.5 Å². The first-order valence-electron chi connectivity index (χ1n) is 6.91. The molecule has 112 valence electrons. The maximum absolute atomic E-state index is 10.9. The number of hydrogen-bond acceptors (Lipinski definition) is 4. The fourth-order valence-electron chi connectivity index (χ4n) is 2.43. The monoisotopic (exact) mass is 305 g/mol. The summed E-state index contributed by atoms with van der Waals surface area (Å²) in [6, 6.07) is 8.17. The zero-order valence-corrected chi connectivity index (χ0v) is 12.9. The molecule has 2 rings (SSSR count). The number of carbonyl (C=O) groups is 1. The van der Waals surface area contributed by atoms with Crippen molar-refractivity contribution in [3.63, 3.8) is 0 Å². The number of carboxylic acid groups (broad SMARTS) is 1. The summed E-state index contributed by atoms with van der Waals surface area (Å²) in [5.41, 5.74) is 1.94. The molecular formula is C15H19N3O2S. The van der Waals surface area contributed by atoms with E-state index in [2.05, 4.69) is 17.0 Å². The number of rotatable bonds is 4. The molecule has 1 amide bonds. The van der Waals surface area contributed by atoms with Crippen LogP contribution in [-0.2, 0) is 6.42 Å². The summed E-state index contributed by atoms with van der Waals surface area (Å²) >= 11 is 1.59. The number of hydrogen-bond donors (Lipinski definition) is 1. The summed E-state index contributed by atoms with van der Waals surface area (Å²) in [4.78, 5) is 15.6. The number of thioether (sulfide) groups is 1. The van der Waals surface area contributed by atoms with Gasteiger partial charge in [-0.25, -0.2) is 4.79 Å². The van der Waals surface area contributed by atoms with Crippen LogP contribution in [0.3, 0.4) is 0 Å². The predicted octanol–water partition coefficient (Wildman–Crippen LogP) is 2.12. The lowest BCUT2D eigenvalue weighted by Gasteiger charge is -2.33. The molecule has 0 spiro atoms. The Kier molecular flexibility index (Phi) is 5.48. The van der Waals surface area contributed by atoms with Crippen molar-refractivity contribution in [3.05, 3.63) is 29.3 Å². The van der Waals surface area contributed by atoms with E-state index >= 15 is 0 Å². The summed E-state index contributed by atoms with van der Waals surface area (Å²) in [5.74, 6) is 0. The molecule has 1 aliphatic heterocycles. The molecule has 0 aromatic heterocycles. The number of nitriles is 1. The lowest BCUT2D eigenvalue weighted by molar-refractivity contribution is 0.106. The molecule has 0 unspecified atom stereocenters. The highest BCUT2D eigenvalue weighted by molar-refractivity contribution is 7.98. The SMILES string of the molecule is CSc1cc(CCN2CCN(C(=O)O)CC2)ccc1C#N. The summed E-state index contributed by atoms with van der Waals surface area (Å²) < 4.78 is 0. The number of nitrogens with zero attached hydrogens (tertiary/aromatic N) is 3. The van der Waals surface area contributed by atoms with Crippen molar-refractivity contribution < 1.29 is 9.90 Å². The molecular weight excluding hydrogens is 286 g/mol. The second-order valence-electron chi connectivity index (χ2n) is 5.01. The molecule has 1 aliphatic rings. The van der Waals surface area contributed by atoms with E-state index in [1.807, 2.05) is 18.4 Å². The van der Waals surface area contributed by atoms with Gasteiger partial charge in [-0.2, -0.15) is 5.26 Å². The van der Waals surface area contributed by atoms with Crippen LogP contribution >= 0.6 is 11.8 Å². The minimum absolute atomic E-state index is 0.582. The minimum Gasteiger partial charge on any atom is -0.465 e. The van der Waals surface area contributed by atoms with Crippen LogP contribution in [0.25, 0.3) is 0 Å². The van der Waals surface area contributed by atoms with Gasteiger partial charge in [0.1, 0.15) is 6.07 Å². The second kappa shape index (κ2) is 7.34. The largest absolute Gasteiger partial charge is 0.465 e. The molecule has 1 aromatic carbocycles. The van der Waals surface area contributed by atoms with E-state index in [9.17, 15) is 4.79 Å². The van der Waals surface area contributed by atoms with Crippen molar-refractivity contribution in [2.45, 2.75) is 11.3 Å². The highest BCUT2D eigenvalue weighted by Gasteiger charge is 2.19. The van der Waals surface area contributed by atoms with E-state index in [4.69, 9.17) is 10.4 Å². The summed E-state index contributed by atoms with van der Waals surface area (Å²) in [7, 11) is 0. The van der Waals surface area contributed by atoms with E-state index in [-0.39, 0.29) is 0 Å². The Morgan fingerprint density at radius 1 is 1.38 bits per heavy atom. The molecule has 0 atom stereocenters. The van der Waals surface area contributed by atoms with Crippen molar-refractivity contribution >= 4 is 17.9 Å². The maximum Gasteiger partial charge on any atom is 0.407 e. The third-order valence-electron chi connectivity index (χ3n) is 3.75. The Labute approximate surface area is 129 Å². The van der Waals surface area contributed by atoms with Gasteiger partial charge < -0.3 is 10.0 Å². The molecule has 0 saturated carbocycles. The Morgan fingerprint density at radius 3 is 2.67 bits per heavy atom. The van der Waals surface area contributed by atoms with Crippen LogP contribution in [0.1, 0.15) is 11.1 Å². The van der Waals surface area contributed by atoms with Crippen LogP contribution < -0.4 is 0 Å². The Morgan fingerprint density at radius 2 is 2.10 bits per heavy atom. The molecule has 0 radical (unpaired) electrons. The van der Waals surface area contributed by atoms with Crippen LogP contribution in [0, 0.1) is 11.3 Å². The summed E-state index contributed by atoms with van der Waals surface area (Å²) in [5, 5.41) is 17.9. The molecule has 5 nitrogen and oxygen atoms in total. The zero-order valence-electron chi connectivity index (χ0n) is 12.1. The van der Waals surface area contributed by atoms with Gasteiger partial charge in [-0.3, -0.25) is 4.90 Å². The molecule has 1 N–H and O–H groups in total. The molecule has 0 bridgehead atoms. The standard InChI is InChI=1S/C15H19N3O2S/c1-21-14-10-12(2-3-13(14)11-16)4-5-17-6-8-18(9-7-17)15(19)20/h2-3,10H,4-9H2,1H3,(H,19,20). The fraction of sp³-hybridized carbons (Fsp3) is 0.467. The maximum atomic E-state index is 10.9. The van der Waals surface area contributed by atoms with Gasteiger partial charge in [0.25, 0.3) is 0 Å². The van der Waals surface area contributed by atoms with Crippen LogP contribution in [0.2, 0.25) is 0 Å². The van der Waals surface area contributed by atoms with Crippen LogP contribution in [0.5, 0.6) is 0 Å². The fourth-order valence-corrected chi connectivity index (χ4v) is 3.04. The third kappa shape index (κ3) is 4.13. The summed E-state index contributed by atoms with van der Waals surface area (Å²) in [6.07, 6.45) is 2.07. The predicted molar refractivity (Wildman–Crippen MR) is 82.7 cm³/mol. The molecule has 6 heteroatoms. The lowest BCUT2D eigenvalue weighted by Crippen LogP contribution is -2.48. The highest BCUT2D eigenvalue weighted by atomic mass is 32.2. The first-order valence-corrected chi connectivity index (χ1v) is 8.13. The van der Waals surface area contributed by atoms with Crippen LogP contribution in [0.15, 0.2) is 23.1 Å². The van der Waals surface area contributed by atoms with Crippen molar-refractivity contribution in [1.29, 1.82) is 5.26 Å². The van der Waals surface area contributed by atoms with Gasteiger partial charge in [0.2, 0.25) is 0 Å². The quantitative estimate of drug-likeness (QED) is 0.863. The highest BCUT2D eigenvalue weighted by Crippen LogP contribution is 2.21. The number of amides is 1. The topological polar surface area (TPSA) is 67.6 Å². The van der Waals surface area contributed by atoms with E-state index in [0.717, 1.165) is 36.5 Å². The average molecular weight is 305 g/mol. The van der Waals surface area contributed by atoms with Crippen molar-refractivity contribution in [3.8, 4) is 6.07 Å². The molecule has 1 saturated heterocycles. The van der Waals surface area contributed by atoms with Crippen molar-refractivity contribution in [2.24, 2.45) is 0 Å². The molecule has 21 heavy (non-hydrogen) atoms. The van der Waals surface area contributed by atoms with Crippen molar-refractivity contribution in [2.75, 3.05) is 39.0 Å². The van der Waals surface area contributed by atoms with Gasteiger partial charge in [-0.05, 0) is 30.4 Å². The Balaban J connectivity index is 1.87. The Bertz CT molecular complexity index is 548. The van der Waals surface area contributed by atoms with Gasteiger partial charge in [0.05, 0.1) is 5.56 Å². The van der Waals surface area contributed by atoms with E-state index in [1.54, 1.807) is 11.8 Å². The van der Waals surface area contributed by atoms with Gasteiger partial charge in [-0.1, -0.05) is 6.07 Å². The second-order valence-corrected chi connectivity index (χ2v) is 5.86. The first-order chi connectivity index (χ1) is 10.1. The summed E-state index contributed by atoms with van der Waals surface area (Å²) in [6.45, 7) is 3.67. The van der Waals surface area contributed by atoms with Gasteiger partial charge in [0, 0.05) is 37.6 Å².